The number of nitrogens with one attached hydrogen (secondary N) is 1. The maximum Gasteiger partial charge on any atom is 0.261 e. The molecule has 2 atom stereocenters. The second kappa shape index (κ2) is 8.44. The smallest absolute Gasteiger partial charge is 0.261 e. The van der Waals surface area contributed by atoms with E-state index in [0.717, 1.165) is 43.7 Å². The van der Waals surface area contributed by atoms with E-state index in [4.69, 9.17) is 9.47 Å². The molecule has 5 nitrogen and oxygen atoms in total. The van der Waals surface area contributed by atoms with Crippen molar-refractivity contribution in [2.24, 2.45) is 0 Å². The van der Waals surface area contributed by atoms with E-state index in [1.54, 1.807) is 0 Å². The molecule has 1 N–H and O–H groups in total. The van der Waals surface area contributed by atoms with Gasteiger partial charge in [0.25, 0.3) is 5.91 Å². The number of carbonyl (C=O) groups is 1. The Morgan fingerprint density at radius 3 is 2.41 bits per heavy atom. The Kier molecular flexibility index (Phi) is 5.58. The number of rotatable bonds is 6. The van der Waals surface area contributed by atoms with Gasteiger partial charge in [-0.2, -0.15) is 0 Å². The van der Waals surface area contributed by atoms with Crippen LogP contribution in [-0.4, -0.2) is 42.6 Å². The van der Waals surface area contributed by atoms with Crippen molar-refractivity contribution in [1.29, 1.82) is 0 Å². The van der Waals surface area contributed by atoms with E-state index in [-0.39, 0.29) is 12.5 Å². The molecular weight excluding hydrogens is 340 g/mol. The highest BCUT2D eigenvalue weighted by Crippen LogP contribution is 2.28. The molecule has 0 aliphatic carbocycles. The summed E-state index contributed by atoms with van der Waals surface area (Å²) in [4.78, 5) is 14.7. The Balaban J connectivity index is 1.28. The molecule has 1 amide bonds. The zero-order chi connectivity index (χ0) is 18.5. The lowest BCUT2D eigenvalue weighted by Gasteiger charge is -2.27. The van der Waals surface area contributed by atoms with Crippen molar-refractivity contribution >= 4 is 5.91 Å². The third-order valence-electron chi connectivity index (χ3n) is 5.38. The highest BCUT2D eigenvalue weighted by Gasteiger charge is 2.37. The fraction of sp³-hybridized carbons (Fsp3) is 0.409. The van der Waals surface area contributed by atoms with E-state index < -0.39 is 0 Å². The van der Waals surface area contributed by atoms with E-state index in [1.165, 1.54) is 0 Å². The van der Waals surface area contributed by atoms with Gasteiger partial charge in [0.2, 0.25) is 0 Å². The second-order valence-electron chi connectivity index (χ2n) is 7.21. The van der Waals surface area contributed by atoms with Gasteiger partial charge in [-0.1, -0.05) is 30.3 Å². The van der Waals surface area contributed by atoms with Crippen LogP contribution in [-0.2, 0) is 11.4 Å². The van der Waals surface area contributed by atoms with Crippen LogP contribution in [0, 0.1) is 0 Å². The zero-order valence-electron chi connectivity index (χ0n) is 15.5. The monoisotopic (exact) mass is 366 g/mol. The fourth-order valence-electron chi connectivity index (χ4n) is 3.98. The number of benzene rings is 2. The van der Waals surface area contributed by atoms with Crippen molar-refractivity contribution in [3.05, 3.63) is 60.2 Å². The quantitative estimate of drug-likeness (QED) is 0.854. The number of hydrogen-bond acceptors (Lipinski definition) is 4. The first kappa shape index (κ1) is 17.9. The van der Waals surface area contributed by atoms with Crippen LogP contribution in [0.2, 0.25) is 0 Å². The van der Waals surface area contributed by atoms with Crippen LogP contribution < -0.4 is 14.8 Å². The van der Waals surface area contributed by atoms with Crippen molar-refractivity contribution in [2.45, 2.75) is 38.0 Å². The van der Waals surface area contributed by atoms with Gasteiger partial charge in [-0.25, -0.2) is 0 Å². The molecule has 2 unspecified atom stereocenters. The fourth-order valence-corrected chi connectivity index (χ4v) is 3.98. The third-order valence-corrected chi connectivity index (χ3v) is 5.38. The minimum absolute atomic E-state index is 0.0932. The number of nitrogens with zero attached hydrogens (tertiary/aromatic N) is 1. The average Bonchev–Trinajstić information content (AvgIpc) is 2.98. The molecule has 27 heavy (non-hydrogen) atoms. The van der Waals surface area contributed by atoms with Gasteiger partial charge in [-0.15, -0.1) is 0 Å². The Morgan fingerprint density at radius 2 is 1.63 bits per heavy atom. The lowest BCUT2D eigenvalue weighted by Crippen LogP contribution is -2.44. The Bertz CT molecular complexity index is 734. The third kappa shape index (κ3) is 4.42. The molecule has 0 aromatic heterocycles. The first-order chi connectivity index (χ1) is 13.3. The predicted molar refractivity (Wildman–Crippen MR) is 104 cm³/mol. The maximum atomic E-state index is 12.7. The van der Waals surface area contributed by atoms with E-state index in [9.17, 15) is 4.79 Å². The summed E-state index contributed by atoms with van der Waals surface area (Å²) in [6.45, 7) is 2.52. The molecule has 0 saturated carbocycles. The topological polar surface area (TPSA) is 50.8 Å². The van der Waals surface area contributed by atoms with Crippen molar-refractivity contribution < 1.29 is 14.3 Å². The van der Waals surface area contributed by atoms with E-state index in [0.29, 0.717) is 24.4 Å². The van der Waals surface area contributed by atoms with Crippen LogP contribution in [0.5, 0.6) is 11.5 Å². The Hall–Kier alpha value is -2.53. The standard InChI is InChI=1S/C22H26N2O3/c25-22(24-18-6-7-19(24)14-23-13-12-18)16-27-21-10-8-20(9-11-21)26-15-17-4-2-1-3-5-17/h1-5,8-11,18-19,23H,6-7,12-16H2. The highest BCUT2D eigenvalue weighted by molar-refractivity contribution is 5.79. The highest BCUT2D eigenvalue weighted by atomic mass is 16.5. The van der Waals surface area contributed by atoms with Crippen LogP contribution in [0.4, 0.5) is 0 Å². The van der Waals surface area contributed by atoms with Crippen molar-refractivity contribution in [3.8, 4) is 11.5 Å². The van der Waals surface area contributed by atoms with Crippen molar-refractivity contribution in [3.63, 3.8) is 0 Å². The minimum atomic E-state index is 0.0932. The summed E-state index contributed by atoms with van der Waals surface area (Å²) < 4.78 is 11.5. The maximum absolute atomic E-state index is 12.7. The summed E-state index contributed by atoms with van der Waals surface area (Å²) in [7, 11) is 0. The molecule has 2 heterocycles. The second-order valence-corrected chi connectivity index (χ2v) is 7.21. The lowest BCUT2D eigenvalue weighted by atomic mass is 10.1. The summed E-state index contributed by atoms with van der Waals surface area (Å²) in [5.41, 5.74) is 1.13. The molecule has 2 aliphatic heterocycles. The van der Waals surface area contributed by atoms with Crippen LogP contribution in [0.15, 0.2) is 54.6 Å². The number of hydrogen-bond donors (Lipinski definition) is 1. The molecule has 5 heteroatoms. The van der Waals surface area contributed by atoms with Gasteiger partial charge in [0.15, 0.2) is 6.61 Å². The Morgan fingerprint density at radius 1 is 0.926 bits per heavy atom. The number of amides is 1. The number of ether oxygens (including phenoxy) is 2. The van der Waals surface area contributed by atoms with Crippen LogP contribution in [0.3, 0.4) is 0 Å². The molecule has 2 bridgehead atoms. The molecule has 2 saturated heterocycles. The lowest BCUT2D eigenvalue weighted by molar-refractivity contribution is -0.136. The largest absolute Gasteiger partial charge is 0.489 e. The van der Waals surface area contributed by atoms with Crippen molar-refractivity contribution in [1.82, 2.24) is 10.2 Å². The van der Waals surface area contributed by atoms with Crippen molar-refractivity contribution in [2.75, 3.05) is 19.7 Å². The first-order valence-corrected chi connectivity index (χ1v) is 9.71. The molecule has 0 radical (unpaired) electrons. The molecule has 142 valence electrons. The van der Waals surface area contributed by atoms with Gasteiger partial charge < -0.3 is 19.7 Å². The minimum Gasteiger partial charge on any atom is -0.489 e. The van der Waals surface area contributed by atoms with Gasteiger partial charge in [0.05, 0.1) is 0 Å². The summed E-state index contributed by atoms with van der Waals surface area (Å²) in [6, 6.07) is 18.2. The van der Waals surface area contributed by atoms with Gasteiger partial charge in [-0.05, 0) is 55.6 Å². The predicted octanol–water partition coefficient (Wildman–Crippen LogP) is 3.00. The van der Waals surface area contributed by atoms with E-state index in [2.05, 4.69) is 10.2 Å². The van der Waals surface area contributed by atoms with Gasteiger partial charge in [0, 0.05) is 18.6 Å². The molecule has 2 aliphatic rings. The summed E-state index contributed by atoms with van der Waals surface area (Å²) >= 11 is 0. The molecule has 4 rings (SSSR count). The average molecular weight is 366 g/mol. The van der Waals surface area contributed by atoms with Crippen LogP contribution in [0.25, 0.3) is 0 Å². The normalized spacial score (nSPS) is 21.6. The van der Waals surface area contributed by atoms with E-state index in [1.807, 2.05) is 54.6 Å². The van der Waals surface area contributed by atoms with Crippen LogP contribution in [0.1, 0.15) is 24.8 Å². The molecule has 2 aromatic rings. The molecule has 2 aromatic carbocycles. The molecule has 2 fully saturated rings. The van der Waals surface area contributed by atoms with Gasteiger partial charge in [-0.3, -0.25) is 4.79 Å². The zero-order valence-corrected chi connectivity index (χ0v) is 15.5. The van der Waals surface area contributed by atoms with Gasteiger partial charge in [0.1, 0.15) is 18.1 Å². The first-order valence-electron chi connectivity index (χ1n) is 9.71. The molecular formula is C22H26N2O3. The molecule has 0 spiro atoms. The summed E-state index contributed by atoms with van der Waals surface area (Å²) in [5, 5.41) is 3.42. The summed E-state index contributed by atoms with van der Waals surface area (Å²) in [5.74, 6) is 1.57. The SMILES string of the molecule is O=C(COc1ccc(OCc2ccccc2)cc1)N1C2CCNCC1CC2. The van der Waals surface area contributed by atoms with E-state index >= 15 is 0 Å². The number of fused-ring (bicyclic) bond motifs is 2. The van der Waals surface area contributed by atoms with Gasteiger partial charge >= 0.3 is 0 Å². The number of carbonyl (C=O) groups excluding carboxylic acids is 1. The Labute approximate surface area is 160 Å². The summed E-state index contributed by atoms with van der Waals surface area (Å²) in [6.07, 6.45) is 3.25. The van der Waals surface area contributed by atoms with Crippen LogP contribution >= 0.6 is 0 Å².